The molecule has 3 rings (SSSR count). The lowest BCUT2D eigenvalue weighted by Gasteiger charge is -2.29. The standard InChI is InChI=1S/C14H17N3O2S/c1-10(13(18)16-6-8-19-9-7-16)17-12-5-3-2-4-11(12)15-14(17)20/h2-5,10H,6-9H2,1H3,(H,15,20). The van der Waals surface area contributed by atoms with Crippen LogP contribution in [-0.2, 0) is 9.53 Å². The summed E-state index contributed by atoms with van der Waals surface area (Å²) in [5.74, 6) is 0.0918. The van der Waals surface area contributed by atoms with Crippen LogP contribution in [0.25, 0.3) is 11.0 Å². The molecule has 1 atom stereocenters. The third kappa shape index (κ3) is 2.25. The number of fused-ring (bicyclic) bond motifs is 1. The molecule has 1 aliphatic heterocycles. The fraction of sp³-hybridized carbons (Fsp3) is 0.429. The zero-order valence-electron chi connectivity index (χ0n) is 11.3. The SMILES string of the molecule is CC(C(=O)N1CCOCC1)n1c(=S)[nH]c2ccccc21. The fourth-order valence-electron chi connectivity index (χ4n) is 2.62. The molecule has 1 fully saturated rings. The molecular weight excluding hydrogens is 274 g/mol. The lowest BCUT2D eigenvalue weighted by atomic mass is 10.2. The lowest BCUT2D eigenvalue weighted by molar-refractivity contribution is -0.138. The Morgan fingerprint density at radius 3 is 2.80 bits per heavy atom. The summed E-state index contributed by atoms with van der Waals surface area (Å²) in [5, 5.41) is 0. The number of rotatable bonds is 2. The first-order valence-electron chi connectivity index (χ1n) is 6.74. The summed E-state index contributed by atoms with van der Waals surface area (Å²) in [6.45, 7) is 4.42. The number of benzene rings is 1. The first kappa shape index (κ1) is 13.3. The van der Waals surface area contributed by atoms with Crippen LogP contribution in [0, 0.1) is 4.77 Å². The molecule has 0 spiro atoms. The topological polar surface area (TPSA) is 50.3 Å². The lowest BCUT2D eigenvalue weighted by Crippen LogP contribution is -2.43. The minimum atomic E-state index is -0.309. The molecule has 1 saturated heterocycles. The van der Waals surface area contributed by atoms with Gasteiger partial charge in [-0.1, -0.05) is 12.1 Å². The van der Waals surface area contributed by atoms with Gasteiger partial charge in [-0.25, -0.2) is 0 Å². The third-order valence-electron chi connectivity index (χ3n) is 3.69. The van der Waals surface area contributed by atoms with Gasteiger partial charge in [0.2, 0.25) is 5.91 Å². The van der Waals surface area contributed by atoms with Gasteiger partial charge in [0.05, 0.1) is 24.2 Å². The molecule has 20 heavy (non-hydrogen) atoms. The summed E-state index contributed by atoms with van der Waals surface area (Å²) < 4.78 is 7.76. The molecule has 1 N–H and O–H groups in total. The zero-order valence-corrected chi connectivity index (χ0v) is 12.2. The van der Waals surface area contributed by atoms with Crippen LogP contribution in [-0.4, -0.2) is 46.7 Å². The molecule has 2 aromatic rings. The van der Waals surface area contributed by atoms with Gasteiger partial charge in [-0.3, -0.25) is 4.79 Å². The number of hydrogen-bond acceptors (Lipinski definition) is 3. The number of morpholine rings is 1. The van der Waals surface area contributed by atoms with E-state index < -0.39 is 0 Å². The number of carbonyl (C=O) groups excluding carboxylic acids is 1. The van der Waals surface area contributed by atoms with Crippen molar-refractivity contribution in [2.45, 2.75) is 13.0 Å². The average molecular weight is 291 g/mol. The van der Waals surface area contributed by atoms with E-state index in [0.29, 0.717) is 31.1 Å². The van der Waals surface area contributed by atoms with Crippen LogP contribution < -0.4 is 0 Å². The second-order valence-corrected chi connectivity index (χ2v) is 5.32. The van der Waals surface area contributed by atoms with Gasteiger partial charge in [0.1, 0.15) is 6.04 Å². The van der Waals surface area contributed by atoms with Crippen molar-refractivity contribution in [2.24, 2.45) is 0 Å². The van der Waals surface area contributed by atoms with Crippen molar-refractivity contribution in [3.8, 4) is 0 Å². The number of H-pyrrole nitrogens is 1. The molecule has 2 heterocycles. The predicted octanol–water partition coefficient (Wildman–Crippen LogP) is 2.12. The number of para-hydroxylation sites is 2. The highest BCUT2D eigenvalue weighted by atomic mass is 32.1. The van der Waals surface area contributed by atoms with E-state index in [1.165, 1.54) is 0 Å². The Hall–Kier alpha value is -1.66. The second-order valence-electron chi connectivity index (χ2n) is 4.93. The molecule has 1 aliphatic rings. The van der Waals surface area contributed by atoms with Gasteiger partial charge in [0.25, 0.3) is 0 Å². The maximum atomic E-state index is 12.6. The van der Waals surface area contributed by atoms with E-state index in [2.05, 4.69) is 4.98 Å². The van der Waals surface area contributed by atoms with Crippen molar-refractivity contribution in [1.29, 1.82) is 0 Å². The highest BCUT2D eigenvalue weighted by Gasteiger charge is 2.25. The Morgan fingerprint density at radius 1 is 1.35 bits per heavy atom. The van der Waals surface area contributed by atoms with Crippen LogP contribution >= 0.6 is 12.2 Å². The van der Waals surface area contributed by atoms with Gasteiger partial charge in [0.15, 0.2) is 4.77 Å². The molecule has 0 bridgehead atoms. The summed E-state index contributed by atoms with van der Waals surface area (Å²) in [7, 11) is 0. The summed E-state index contributed by atoms with van der Waals surface area (Å²) in [4.78, 5) is 17.6. The number of nitrogens with one attached hydrogen (secondary N) is 1. The Bertz CT molecular complexity index is 685. The number of imidazole rings is 1. The van der Waals surface area contributed by atoms with Crippen LogP contribution in [0.5, 0.6) is 0 Å². The van der Waals surface area contributed by atoms with Crippen LogP contribution in [0.15, 0.2) is 24.3 Å². The van der Waals surface area contributed by atoms with Gasteiger partial charge in [-0.05, 0) is 31.3 Å². The van der Waals surface area contributed by atoms with E-state index in [0.717, 1.165) is 11.0 Å². The van der Waals surface area contributed by atoms with Crippen molar-refractivity contribution in [3.05, 3.63) is 29.0 Å². The van der Waals surface area contributed by atoms with Gasteiger partial charge in [-0.15, -0.1) is 0 Å². The van der Waals surface area contributed by atoms with Crippen molar-refractivity contribution in [3.63, 3.8) is 0 Å². The molecule has 6 heteroatoms. The molecule has 5 nitrogen and oxygen atoms in total. The van der Waals surface area contributed by atoms with E-state index in [1.54, 1.807) is 0 Å². The molecule has 1 unspecified atom stereocenters. The second kappa shape index (κ2) is 5.38. The minimum Gasteiger partial charge on any atom is -0.378 e. The first-order valence-corrected chi connectivity index (χ1v) is 7.15. The van der Waals surface area contributed by atoms with Gasteiger partial charge in [0, 0.05) is 13.1 Å². The number of nitrogens with zero attached hydrogens (tertiary/aromatic N) is 2. The normalized spacial score (nSPS) is 17.4. The molecule has 0 radical (unpaired) electrons. The summed E-state index contributed by atoms with van der Waals surface area (Å²) >= 11 is 5.36. The fourth-order valence-corrected chi connectivity index (χ4v) is 2.98. The number of amides is 1. The Kier molecular flexibility index (Phi) is 3.58. The highest BCUT2D eigenvalue weighted by Crippen LogP contribution is 2.20. The Balaban J connectivity index is 1.95. The minimum absolute atomic E-state index is 0.0918. The molecule has 1 aromatic carbocycles. The highest BCUT2D eigenvalue weighted by molar-refractivity contribution is 7.71. The van der Waals surface area contributed by atoms with Crippen LogP contribution in [0.3, 0.4) is 0 Å². The number of aromatic amines is 1. The number of ether oxygens (including phenoxy) is 1. The van der Waals surface area contributed by atoms with Crippen LogP contribution in [0.1, 0.15) is 13.0 Å². The predicted molar refractivity (Wildman–Crippen MR) is 79.2 cm³/mol. The number of hydrogen-bond donors (Lipinski definition) is 1. The van der Waals surface area contributed by atoms with Gasteiger partial charge >= 0.3 is 0 Å². The van der Waals surface area contributed by atoms with E-state index in [4.69, 9.17) is 17.0 Å². The number of aromatic nitrogens is 2. The van der Waals surface area contributed by atoms with E-state index in [1.807, 2.05) is 40.7 Å². The maximum absolute atomic E-state index is 12.6. The smallest absolute Gasteiger partial charge is 0.245 e. The summed E-state index contributed by atoms with van der Waals surface area (Å²) in [6, 6.07) is 7.54. The zero-order chi connectivity index (χ0) is 14.1. The molecule has 1 amide bonds. The van der Waals surface area contributed by atoms with Crippen LogP contribution in [0.4, 0.5) is 0 Å². The Labute approximate surface area is 122 Å². The molecule has 0 aliphatic carbocycles. The molecule has 1 aromatic heterocycles. The third-order valence-corrected chi connectivity index (χ3v) is 3.99. The largest absolute Gasteiger partial charge is 0.378 e. The average Bonchev–Trinajstić information content (AvgIpc) is 2.82. The van der Waals surface area contributed by atoms with E-state index in [9.17, 15) is 4.79 Å². The summed E-state index contributed by atoms with van der Waals surface area (Å²) in [6.07, 6.45) is 0. The first-order chi connectivity index (χ1) is 9.68. The Morgan fingerprint density at radius 2 is 2.05 bits per heavy atom. The summed E-state index contributed by atoms with van der Waals surface area (Å²) in [5.41, 5.74) is 1.92. The van der Waals surface area contributed by atoms with Gasteiger partial charge in [-0.2, -0.15) is 0 Å². The maximum Gasteiger partial charge on any atom is 0.245 e. The van der Waals surface area contributed by atoms with Crippen LogP contribution in [0.2, 0.25) is 0 Å². The van der Waals surface area contributed by atoms with Crippen molar-refractivity contribution in [2.75, 3.05) is 26.3 Å². The quantitative estimate of drug-likeness (QED) is 0.862. The van der Waals surface area contributed by atoms with Crippen molar-refractivity contribution in [1.82, 2.24) is 14.5 Å². The molecule has 0 saturated carbocycles. The van der Waals surface area contributed by atoms with Crippen molar-refractivity contribution >= 4 is 29.2 Å². The van der Waals surface area contributed by atoms with E-state index in [-0.39, 0.29) is 11.9 Å². The van der Waals surface area contributed by atoms with E-state index >= 15 is 0 Å². The van der Waals surface area contributed by atoms with Crippen molar-refractivity contribution < 1.29 is 9.53 Å². The number of carbonyl (C=O) groups is 1. The molecular formula is C14H17N3O2S. The molecule has 106 valence electrons. The van der Waals surface area contributed by atoms with Gasteiger partial charge < -0.3 is 19.2 Å². The monoisotopic (exact) mass is 291 g/mol.